The van der Waals surface area contributed by atoms with Crippen molar-refractivity contribution in [3.05, 3.63) is 61.6 Å². The Labute approximate surface area is 195 Å². The lowest BCUT2D eigenvalue weighted by atomic mass is 9.94. The van der Waals surface area contributed by atoms with Crippen molar-refractivity contribution in [1.82, 2.24) is 4.90 Å². The van der Waals surface area contributed by atoms with Crippen LogP contribution in [0.3, 0.4) is 0 Å². The van der Waals surface area contributed by atoms with E-state index in [1.54, 1.807) is 41.3 Å². The van der Waals surface area contributed by atoms with Crippen LogP contribution < -0.4 is 0 Å². The minimum Gasteiger partial charge on any atom is -0.506 e. The average Bonchev–Trinajstić information content (AvgIpc) is 3.03. The monoisotopic (exact) mass is 552 g/mol. The quantitative estimate of drug-likeness (QED) is 0.416. The van der Waals surface area contributed by atoms with Gasteiger partial charge in [0.25, 0.3) is 5.91 Å². The molecule has 2 fully saturated rings. The molecule has 0 radical (unpaired) electrons. The maximum Gasteiger partial charge on any atom is 0.267 e. The van der Waals surface area contributed by atoms with Gasteiger partial charge in [0.05, 0.1) is 13.9 Å². The van der Waals surface area contributed by atoms with E-state index in [1.165, 1.54) is 24.2 Å². The summed E-state index contributed by atoms with van der Waals surface area (Å²) in [6.45, 7) is 0. The van der Waals surface area contributed by atoms with Crippen LogP contribution in [0, 0.1) is 5.82 Å². The van der Waals surface area contributed by atoms with Crippen molar-refractivity contribution in [2.75, 3.05) is 0 Å². The van der Waals surface area contributed by atoms with Gasteiger partial charge in [-0.15, -0.1) is 0 Å². The van der Waals surface area contributed by atoms with Gasteiger partial charge in [-0.1, -0.05) is 31.4 Å². The van der Waals surface area contributed by atoms with Crippen molar-refractivity contribution in [2.45, 2.75) is 38.1 Å². The lowest BCUT2D eigenvalue weighted by molar-refractivity contribution is -0.124. The first kappa shape index (κ1) is 21.6. The Kier molecular flexibility index (Phi) is 6.65. The van der Waals surface area contributed by atoms with Crippen molar-refractivity contribution in [3.8, 4) is 5.75 Å². The number of amidine groups is 1. The highest BCUT2D eigenvalue weighted by Crippen LogP contribution is 2.40. The number of thioether (sulfide) groups is 1. The fourth-order valence-corrected chi connectivity index (χ4v) is 5.96. The highest BCUT2D eigenvalue weighted by Gasteiger charge is 2.38. The molecule has 0 unspecified atom stereocenters. The fourth-order valence-electron chi connectivity index (χ4n) is 3.69. The summed E-state index contributed by atoms with van der Waals surface area (Å²) in [5.41, 5.74) is 0.989. The molecule has 1 aliphatic carbocycles. The number of amides is 1. The SMILES string of the molecule is O=C1/C(=C/c2cc(Br)c(O)c(Br)c2)SC(=Nc2ccccc2F)N1C1CCCCC1. The number of phenols is 1. The van der Waals surface area contributed by atoms with Crippen LogP contribution in [0.15, 0.2) is 55.2 Å². The highest BCUT2D eigenvalue weighted by molar-refractivity contribution is 9.11. The van der Waals surface area contributed by atoms with Crippen LogP contribution in [0.1, 0.15) is 37.7 Å². The molecule has 1 aliphatic heterocycles. The van der Waals surface area contributed by atoms with Crippen LogP contribution in [0.5, 0.6) is 5.75 Å². The normalized spacial score (nSPS) is 20.5. The second kappa shape index (κ2) is 9.24. The molecular formula is C22H19Br2FN2O2S. The standard InChI is InChI=1S/C22H19Br2FN2O2S/c23-15-10-13(11-16(24)20(15)28)12-19-21(29)27(14-6-2-1-3-7-14)22(30-19)26-18-9-5-4-8-17(18)25/h4-5,8-12,14,28H,1-3,6-7H2/b19-12-,26-22?. The van der Waals surface area contributed by atoms with Crippen LogP contribution >= 0.6 is 43.6 Å². The molecule has 0 atom stereocenters. The minimum absolute atomic E-state index is 0.0773. The van der Waals surface area contributed by atoms with Crippen LogP contribution in [-0.4, -0.2) is 27.1 Å². The number of para-hydroxylation sites is 1. The van der Waals surface area contributed by atoms with E-state index < -0.39 is 5.82 Å². The maximum atomic E-state index is 14.2. The van der Waals surface area contributed by atoms with Crippen LogP contribution in [0.2, 0.25) is 0 Å². The minimum atomic E-state index is -0.412. The molecule has 8 heteroatoms. The van der Waals surface area contributed by atoms with Gasteiger partial charge in [-0.2, -0.15) is 0 Å². The molecule has 4 rings (SSSR count). The highest BCUT2D eigenvalue weighted by atomic mass is 79.9. The van der Waals surface area contributed by atoms with Crippen LogP contribution in [0.4, 0.5) is 10.1 Å². The molecule has 1 N–H and O–H groups in total. The molecule has 0 bridgehead atoms. The van der Waals surface area contributed by atoms with Gasteiger partial charge in [-0.05, 0) is 92.4 Å². The van der Waals surface area contributed by atoms with E-state index in [1.807, 2.05) is 0 Å². The molecule has 4 nitrogen and oxygen atoms in total. The zero-order valence-electron chi connectivity index (χ0n) is 15.9. The van der Waals surface area contributed by atoms with Crippen molar-refractivity contribution in [2.24, 2.45) is 4.99 Å². The van der Waals surface area contributed by atoms with Gasteiger partial charge in [0.1, 0.15) is 17.3 Å². The third kappa shape index (κ3) is 4.50. The van der Waals surface area contributed by atoms with E-state index in [2.05, 4.69) is 36.9 Å². The number of aliphatic imine (C=N–C) groups is 1. The fraction of sp³-hybridized carbons (Fsp3) is 0.273. The number of benzene rings is 2. The molecule has 2 aromatic rings. The number of aromatic hydroxyl groups is 1. The second-order valence-corrected chi connectivity index (χ2v) is 9.97. The Morgan fingerprint density at radius 3 is 2.47 bits per heavy atom. The number of nitrogens with zero attached hydrogens (tertiary/aromatic N) is 2. The first-order chi connectivity index (χ1) is 14.4. The van der Waals surface area contributed by atoms with Crippen LogP contribution in [0.25, 0.3) is 6.08 Å². The van der Waals surface area contributed by atoms with Gasteiger partial charge in [-0.3, -0.25) is 9.69 Å². The number of hydrogen-bond acceptors (Lipinski definition) is 4. The van der Waals surface area contributed by atoms with Gasteiger partial charge in [0.15, 0.2) is 5.17 Å². The summed E-state index contributed by atoms with van der Waals surface area (Å²) < 4.78 is 15.3. The molecule has 0 spiro atoms. The zero-order valence-corrected chi connectivity index (χ0v) is 19.9. The topological polar surface area (TPSA) is 52.9 Å². The molecule has 1 saturated carbocycles. The molecule has 1 saturated heterocycles. The Hall–Kier alpha value is -1.64. The van der Waals surface area contributed by atoms with E-state index in [9.17, 15) is 14.3 Å². The first-order valence-corrected chi connectivity index (χ1v) is 12.1. The molecule has 2 aromatic carbocycles. The number of carbonyl (C=O) groups is 1. The molecular weight excluding hydrogens is 535 g/mol. The largest absolute Gasteiger partial charge is 0.506 e. The second-order valence-electron chi connectivity index (χ2n) is 7.26. The molecule has 156 valence electrons. The summed E-state index contributed by atoms with van der Waals surface area (Å²) in [7, 11) is 0. The van der Waals surface area contributed by atoms with Gasteiger partial charge in [-0.25, -0.2) is 9.38 Å². The van der Waals surface area contributed by atoms with Crippen molar-refractivity contribution < 1.29 is 14.3 Å². The molecule has 1 amide bonds. The zero-order chi connectivity index (χ0) is 21.3. The lowest BCUT2D eigenvalue weighted by Gasteiger charge is -2.30. The van der Waals surface area contributed by atoms with Gasteiger partial charge >= 0.3 is 0 Å². The maximum absolute atomic E-state index is 14.2. The Balaban J connectivity index is 1.74. The number of carbonyl (C=O) groups excluding carboxylic acids is 1. The van der Waals surface area contributed by atoms with Crippen molar-refractivity contribution >= 4 is 66.5 Å². The third-order valence-corrected chi connectivity index (χ3v) is 7.37. The van der Waals surface area contributed by atoms with E-state index in [0.717, 1.165) is 31.2 Å². The molecule has 1 heterocycles. The third-order valence-electron chi connectivity index (χ3n) is 5.18. The first-order valence-electron chi connectivity index (χ1n) is 9.68. The summed E-state index contributed by atoms with van der Waals surface area (Å²) in [6.07, 6.45) is 6.94. The van der Waals surface area contributed by atoms with Crippen LogP contribution in [-0.2, 0) is 4.79 Å². The number of phenolic OH excluding ortho intramolecular Hbond substituents is 1. The molecule has 30 heavy (non-hydrogen) atoms. The van der Waals surface area contributed by atoms with Gasteiger partial charge < -0.3 is 5.11 Å². The Morgan fingerprint density at radius 2 is 1.80 bits per heavy atom. The lowest BCUT2D eigenvalue weighted by Crippen LogP contribution is -2.40. The van der Waals surface area contributed by atoms with Crippen molar-refractivity contribution in [1.29, 1.82) is 0 Å². The molecule has 0 aromatic heterocycles. The molecule has 2 aliphatic rings. The van der Waals surface area contributed by atoms with E-state index >= 15 is 0 Å². The smallest absolute Gasteiger partial charge is 0.267 e. The average molecular weight is 554 g/mol. The van der Waals surface area contributed by atoms with Gasteiger partial charge in [0, 0.05) is 6.04 Å². The van der Waals surface area contributed by atoms with Gasteiger partial charge in [0.2, 0.25) is 0 Å². The number of hydrogen-bond donors (Lipinski definition) is 1. The number of halogens is 3. The summed E-state index contributed by atoms with van der Waals surface area (Å²) in [4.78, 5) is 20.1. The summed E-state index contributed by atoms with van der Waals surface area (Å²) in [6, 6.07) is 9.91. The van der Waals surface area contributed by atoms with E-state index in [4.69, 9.17) is 0 Å². The predicted molar refractivity (Wildman–Crippen MR) is 126 cm³/mol. The Morgan fingerprint density at radius 1 is 1.13 bits per heavy atom. The van der Waals surface area contributed by atoms with E-state index in [-0.39, 0.29) is 23.4 Å². The Bertz CT molecular complexity index is 1030. The predicted octanol–water partition coefficient (Wildman–Crippen LogP) is 6.99. The van der Waals surface area contributed by atoms with E-state index in [0.29, 0.717) is 19.0 Å². The van der Waals surface area contributed by atoms with Crippen molar-refractivity contribution in [3.63, 3.8) is 0 Å². The summed E-state index contributed by atoms with van der Waals surface area (Å²) in [5, 5.41) is 10.5. The summed E-state index contributed by atoms with van der Waals surface area (Å²) >= 11 is 7.91. The number of rotatable bonds is 3. The summed E-state index contributed by atoms with van der Waals surface area (Å²) in [5.74, 6) is -0.416.